The number of aromatic amines is 1. The van der Waals surface area contributed by atoms with E-state index in [2.05, 4.69) is 4.98 Å². The molecular weight excluding hydrogens is 271 g/mol. The number of nitriles is 2. The molecule has 0 amide bonds. The van der Waals surface area contributed by atoms with E-state index in [-0.39, 0.29) is 28.1 Å². The lowest BCUT2D eigenvalue weighted by Gasteiger charge is -2.10. The first-order valence-corrected chi connectivity index (χ1v) is 6.18. The maximum atomic E-state index is 14.2. The number of nitrogens with zero attached hydrogens (tertiary/aromatic N) is 2. The maximum Gasteiger partial charge on any atom is 0.268 e. The van der Waals surface area contributed by atoms with E-state index in [0.29, 0.717) is 6.42 Å². The average molecular weight is 282 g/mol. The number of H-pyrrole nitrogens is 1. The van der Waals surface area contributed by atoms with Crippen molar-refractivity contribution < 1.29 is 4.39 Å². The molecule has 21 heavy (non-hydrogen) atoms. The SMILES string of the molecule is CCc1ccc(-c2c(C#N)c(N)[nH]c(=O)c2C#N)c(F)c1. The van der Waals surface area contributed by atoms with Crippen LogP contribution in [0.1, 0.15) is 23.6 Å². The first-order chi connectivity index (χ1) is 10.0. The van der Waals surface area contributed by atoms with Crippen LogP contribution in [0.5, 0.6) is 0 Å². The number of nitrogens with one attached hydrogen (secondary N) is 1. The lowest BCUT2D eigenvalue weighted by molar-refractivity contribution is 0.629. The summed E-state index contributed by atoms with van der Waals surface area (Å²) in [4.78, 5) is 14.0. The summed E-state index contributed by atoms with van der Waals surface area (Å²) in [6, 6.07) is 7.95. The van der Waals surface area contributed by atoms with Gasteiger partial charge >= 0.3 is 0 Å². The molecule has 0 bridgehead atoms. The number of aromatic nitrogens is 1. The molecule has 0 aliphatic carbocycles. The van der Waals surface area contributed by atoms with E-state index in [1.54, 1.807) is 12.1 Å². The molecule has 0 aliphatic heterocycles. The zero-order chi connectivity index (χ0) is 15.6. The Labute approximate surface area is 120 Å². The molecule has 0 atom stereocenters. The normalized spacial score (nSPS) is 9.90. The van der Waals surface area contributed by atoms with Crippen molar-refractivity contribution in [3.05, 3.63) is 51.1 Å². The highest BCUT2D eigenvalue weighted by molar-refractivity contribution is 5.80. The number of hydrogen-bond acceptors (Lipinski definition) is 4. The summed E-state index contributed by atoms with van der Waals surface area (Å²) in [5, 5.41) is 18.3. The van der Waals surface area contributed by atoms with Gasteiger partial charge in [-0.3, -0.25) is 4.79 Å². The third kappa shape index (κ3) is 2.35. The van der Waals surface area contributed by atoms with Crippen molar-refractivity contribution in [3.63, 3.8) is 0 Å². The van der Waals surface area contributed by atoms with Crippen LogP contribution in [0.25, 0.3) is 11.1 Å². The van der Waals surface area contributed by atoms with Crippen LogP contribution in [-0.4, -0.2) is 4.98 Å². The molecule has 104 valence electrons. The predicted octanol–water partition coefficient (Wildman–Crippen LogP) is 2.07. The fourth-order valence-corrected chi connectivity index (χ4v) is 2.09. The summed E-state index contributed by atoms with van der Waals surface area (Å²) in [5.74, 6) is -0.789. The van der Waals surface area contributed by atoms with E-state index in [1.807, 2.05) is 13.0 Å². The number of hydrogen-bond donors (Lipinski definition) is 2. The van der Waals surface area contributed by atoms with Gasteiger partial charge in [-0.15, -0.1) is 0 Å². The Hall–Kier alpha value is -3.12. The highest BCUT2D eigenvalue weighted by Gasteiger charge is 2.20. The molecule has 0 aliphatic rings. The fraction of sp³-hybridized carbons (Fsp3) is 0.133. The number of nitrogen functional groups attached to an aromatic ring is 1. The van der Waals surface area contributed by atoms with Gasteiger partial charge in [-0.25, -0.2) is 4.39 Å². The van der Waals surface area contributed by atoms with Gasteiger partial charge in [-0.05, 0) is 18.1 Å². The number of halogens is 1. The smallest absolute Gasteiger partial charge is 0.268 e. The van der Waals surface area contributed by atoms with Gasteiger partial charge in [0.1, 0.15) is 34.9 Å². The van der Waals surface area contributed by atoms with Crippen molar-refractivity contribution in [3.8, 4) is 23.3 Å². The Balaban J connectivity index is 2.90. The zero-order valence-corrected chi connectivity index (χ0v) is 11.2. The average Bonchev–Trinajstić information content (AvgIpc) is 2.46. The molecule has 1 heterocycles. The Bertz CT molecular complexity index is 856. The third-order valence-corrected chi connectivity index (χ3v) is 3.18. The maximum absolute atomic E-state index is 14.2. The minimum Gasteiger partial charge on any atom is -0.384 e. The minimum atomic E-state index is -0.747. The van der Waals surface area contributed by atoms with Crippen LogP contribution < -0.4 is 11.3 Å². The molecule has 1 aromatic heterocycles. The number of anilines is 1. The molecule has 0 saturated heterocycles. The molecule has 0 spiro atoms. The quantitative estimate of drug-likeness (QED) is 0.879. The second-order valence-electron chi connectivity index (χ2n) is 4.38. The topological polar surface area (TPSA) is 106 Å². The Morgan fingerprint density at radius 1 is 1.29 bits per heavy atom. The molecular formula is C15H11FN4O. The molecule has 6 heteroatoms. The largest absolute Gasteiger partial charge is 0.384 e. The summed E-state index contributed by atoms with van der Waals surface area (Å²) in [5.41, 5.74) is 5.11. The van der Waals surface area contributed by atoms with E-state index in [9.17, 15) is 14.4 Å². The predicted molar refractivity (Wildman–Crippen MR) is 75.7 cm³/mol. The molecule has 1 aromatic carbocycles. The molecule has 0 unspecified atom stereocenters. The van der Waals surface area contributed by atoms with Crippen molar-refractivity contribution in [2.45, 2.75) is 13.3 Å². The molecule has 0 radical (unpaired) electrons. The van der Waals surface area contributed by atoms with Gasteiger partial charge in [-0.1, -0.05) is 19.1 Å². The molecule has 2 rings (SSSR count). The van der Waals surface area contributed by atoms with Gasteiger partial charge in [-0.2, -0.15) is 10.5 Å². The van der Waals surface area contributed by atoms with E-state index in [4.69, 9.17) is 11.0 Å². The first kappa shape index (κ1) is 14.3. The summed E-state index contributed by atoms with van der Waals surface area (Å²) < 4.78 is 14.2. The third-order valence-electron chi connectivity index (χ3n) is 3.18. The number of aryl methyl sites for hydroxylation is 1. The van der Waals surface area contributed by atoms with Crippen molar-refractivity contribution in [2.24, 2.45) is 0 Å². The molecule has 2 aromatic rings. The van der Waals surface area contributed by atoms with Crippen LogP contribution in [-0.2, 0) is 6.42 Å². The minimum absolute atomic E-state index is 0.0121. The number of nitrogens with two attached hydrogens (primary N) is 1. The highest BCUT2D eigenvalue weighted by Crippen LogP contribution is 2.30. The fourth-order valence-electron chi connectivity index (χ4n) is 2.09. The van der Waals surface area contributed by atoms with Crippen LogP contribution in [0.2, 0.25) is 0 Å². The van der Waals surface area contributed by atoms with Crippen LogP contribution in [0, 0.1) is 28.5 Å². The first-order valence-electron chi connectivity index (χ1n) is 6.18. The number of pyridine rings is 1. The zero-order valence-electron chi connectivity index (χ0n) is 11.2. The van der Waals surface area contributed by atoms with E-state index in [0.717, 1.165) is 5.56 Å². The highest BCUT2D eigenvalue weighted by atomic mass is 19.1. The lowest BCUT2D eigenvalue weighted by atomic mass is 9.95. The molecule has 0 fully saturated rings. The Morgan fingerprint density at radius 2 is 1.95 bits per heavy atom. The van der Waals surface area contributed by atoms with Crippen molar-refractivity contribution in [1.29, 1.82) is 10.5 Å². The van der Waals surface area contributed by atoms with Crippen molar-refractivity contribution in [2.75, 3.05) is 5.73 Å². The lowest BCUT2D eigenvalue weighted by Crippen LogP contribution is -2.16. The van der Waals surface area contributed by atoms with E-state index in [1.165, 1.54) is 12.1 Å². The Morgan fingerprint density at radius 3 is 2.48 bits per heavy atom. The second-order valence-corrected chi connectivity index (χ2v) is 4.38. The second kappa shape index (κ2) is 5.48. The standard InChI is InChI=1S/C15H11FN4O/c1-2-8-3-4-9(12(16)5-8)13-10(6-17)14(19)20-15(21)11(13)7-18/h3-5H,2H2,1H3,(H3,19,20,21). The summed E-state index contributed by atoms with van der Waals surface area (Å²) >= 11 is 0. The molecule has 0 saturated carbocycles. The van der Waals surface area contributed by atoms with Gasteiger partial charge < -0.3 is 10.7 Å². The van der Waals surface area contributed by atoms with Gasteiger partial charge in [0.15, 0.2) is 0 Å². The molecule has 5 nitrogen and oxygen atoms in total. The van der Waals surface area contributed by atoms with Gasteiger partial charge in [0.05, 0.1) is 0 Å². The van der Waals surface area contributed by atoms with Gasteiger partial charge in [0.2, 0.25) is 0 Å². The summed E-state index contributed by atoms with van der Waals surface area (Å²) in [7, 11) is 0. The van der Waals surface area contributed by atoms with Gasteiger partial charge in [0.25, 0.3) is 5.56 Å². The van der Waals surface area contributed by atoms with Crippen molar-refractivity contribution in [1.82, 2.24) is 4.98 Å². The monoisotopic (exact) mass is 282 g/mol. The van der Waals surface area contributed by atoms with Crippen molar-refractivity contribution >= 4 is 5.82 Å². The van der Waals surface area contributed by atoms with Gasteiger partial charge in [0, 0.05) is 11.1 Å². The van der Waals surface area contributed by atoms with Crippen LogP contribution in [0.3, 0.4) is 0 Å². The molecule has 3 N–H and O–H groups in total. The van der Waals surface area contributed by atoms with E-state index >= 15 is 0 Å². The van der Waals surface area contributed by atoms with Crippen LogP contribution in [0.15, 0.2) is 23.0 Å². The number of rotatable bonds is 2. The summed E-state index contributed by atoms with van der Waals surface area (Å²) in [6.07, 6.45) is 0.644. The van der Waals surface area contributed by atoms with Crippen LogP contribution >= 0.6 is 0 Å². The van der Waals surface area contributed by atoms with Crippen LogP contribution in [0.4, 0.5) is 10.2 Å². The number of benzene rings is 1. The summed E-state index contributed by atoms with van der Waals surface area (Å²) in [6.45, 7) is 1.88. The van der Waals surface area contributed by atoms with E-state index < -0.39 is 11.4 Å². The Kier molecular flexibility index (Phi) is 3.73.